The lowest BCUT2D eigenvalue weighted by Crippen LogP contribution is -2.48. The lowest BCUT2D eigenvalue weighted by molar-refractivity contribution is -0.384. The smallest absolute Gasteiger partial charge is 0.275 e. The number of carbonyl (C=O) groups excluding carboxylic acids is 1. The number of amides is 1. The molecule has 0 saturated carbocycles. The number of nitro groups is 1. The zero-order valence-corrected chi connectivity index (χ0v) is 11.8. The molecule has 1 fully saturated rings. The fraction of sp³-hybridized carbons (Fsp3) is 0.462. The third-order valence-electron chi connectivity index (χ3n) is 3.25. The maximum atomic E-state index is 12.0. The van der Waals surface area contributed by atoms with Crippen LogP contribution in [-0.2, 0) is 4.79 Å². The third kappa shape index (κ3) is 4.06. The first-order chi connectivity index (χ1) is 10.1. The van der Waals surface area contributed by atoms with E-state index in [1.54, 1.807) is 11.0 Å². The number of carbonyl (C=O) groups is 1. The summed E-state index contributed by atoms with van der Waals surface area (Å²) in [6.07, 6.45) is 0. The molecule has 1 aromatic carbocycles. The molecule has 0 spiro atoms. The Balaban J connectivity index is 2.00. The molecule has 2 N–H and O–H groups in total. The highest BCUT2D eigenvalue weighted by Crippen LogP contribution is 2.25. The van der Waals surface area contributed by atoms with Gasteiger partial charge in [-0.05, 0) is 0 Å². The predicted octanol–water partition coefficient (Wildman–Crippen LogP) is 0.447. The van der Waals surface area contributed by atoms with E-state index >= 15 is 0 Å². The highest BCUT2D eigenvalue weighted by Gasteiger charge is 2.16. The summed E-state index contributed by atoms with van der Waals surface area (Å²) >= 11 is 0. The first-order valence-electron chi connectivity index (χ1n) is 6.66. The molecule has 0 aromatic heterocycles. The second-order valence-electron chi connectivity index (χ2n) is 4.66. The normalized spacial score (nSPS) is 14.6. The van der Waals surface area contributed by atoms with Gasteiger partial charge in [0, 0.05) is 44.0 Å². The van der Waals surface area contributed by atoms with Crippen molar-refractivity contribution < 1.29 is 14.5 Å². The Bertz CT molecular complexity index is 529. The average molecular weight is 294 g/mol. The SMILES string of the molecule is COc1cc(NCC(=O)N2CCNCC2)cc([N+](=O)[O-])c1. The van der Waals surface area contributed by atoms with Gasteiger partial charge in [-0.2, -0.15) is 0 Å². The Hall–Kier alpha value is -2.35. The molecule has 1 aliphatic rings. The fourth-order valence-corrected chi connectivity index (χ4v) is 2.11. The first kappa shape index (κ1) is 15.0. The lowest BCUT2D eigenvalue weighted by Gasteiger charge is -2.27. The quantitative estimate of drug-likeness (QED) is 0.604. The van der Waals surface area contributed by atoms with Crippen molar-refractivity contribution in [1.82, 2.24) is 10.2 Å². The van der Waals surface area contributed by atoms with Crippen molar-refractivity contribution in [2.45, 2.75) is 0 Å². The maximum Gasteiger partial charge on any atom is 0.275 e. The van der Waals surface area contributed by atoms with Crippen LogP contribution in [0, 0.1) is 10.1 Å². The van der Waals surface area contributed by atoms with Crippen molar-refractivity contribution in [3.63, 3.8) is 0 Å². The molecular weight excluding hydrogens is 276 g/mol. The molecule has 0 atom stereocenters. The van der Waals surface area contributed by atoms with Crippen LogP contribution >= 0.6 is 0 Å². The van der Waals surface area contributed by atoms with Gasteiger partial charge in [0.1, 0.15) is 5.75 Å². The molecule has 1 aromatic rings. The Morgan fingerprint density at radius 2 is 2.14 bits per heavy atom. The van der Waals surface area contributed by atoms with Gasteiger partial charge < -0.3 is 20.3 Å². The van der Waals surface area contributed by atoms with Crippen LogP contribution in [0.25, 0.3) is 0 Å². The van der Waals surface area contributed by atoms with E-state index in [9.17, 15) is 14.9 Å². The van der Waals surface area contributed by atoms with Crippen molar-refractivity contribution in [3.05, 3.63) is 28.3 Å². The van der Waals surface area contributed by atoms with Crippen molar-refractivity contribution >= 4 is 17.3 Å². The monoisotopic (exact) mass is 294 g/mol. The summed E-state index contributed by atoms with van der Waals surface area (Å²) in [7, 11) is 1.44. The van der Waals surface area contributed by atoms with Crippen LogP contribution in [0.5, 0.6) is 5.75 Å². The highest BCUT2D eigenvalue weighted by molar-refractivity contribution is 5.81. The number of hydrogen-bond donors (Lipinski definition) is 2. The van der Waals surface area contributed by atoms with Crippen LogP contribution in [0.15, 0.2) is 18.2 Å². The summed E-state index contributed by atoms with van der Waals surface area (Å²) in [5, 5.41) is 16.9. The number of nitro benzene ring substituents is 1. The molecule has 1 saturated heterocycles. The van der Waals surface area contributed by atoms with Crippen LogP contribution in [0.3, 0.4) is 0 Å². The standard InChI is InChI=1S/C13H18N4O4/c1-21-12-7-10(6-11(8-12)17(19)20)15-9-13(18)16-4-2-14-3-5-16/h6-8,14-15H,2-5,9H2,1H3. The van der Waals surface area contributed by atoms with E-state index in [1.807, 2.05) is 0 Å². The molecule has 8 heteroatoms. The molecule has 8 nitrogen and oxygen atoms in total. The molecular formula is C13H18N4O4. The predicted molar refractivity (Wildman–Crippen MR) is 77.6 cm³/mol. The van der Waals surface area contributed by atoms with Gasteiger partial charge in [-0.3, -0.25) is 14.9 Å². The highest BCUT2D eigenvalue weighted by atomic mass is 16.6. The van der Waals surface area contributed by atoms with Gasteiger partial charge in [0.15, 0.2) is 0 Å². The molecule has 0 radical (unpaired) electrons. The summed E-state index contributed by atoms with van der Waals surface area (Å²) in [4.78, 5) is 24.1. The molecule has 0 unspecified atom stereocenters. The first-order valence-corrected chi connectivity index (χ1v) is 6.66. The van der Waals surface area contributed by atoms with Crippen LogP contribution in [0.2, 0.25) is 0 Å². The van der Waals surface area contributed by atoms with Gasteiger partial charge in [-0.25, -0.2) is 0 Å². The number of anilines is 1. The Labute approximate surface area is 122 Å². The van der Waals surface area contributed by atoms with Crippen LogP contribution in [0.4, 0.5) is 11.4 Å². The summed E-state index contributed by atoms with van der Waals surface area (Å²) in [6.45, 7) is 3.04. The second-order valence-corrected chi connectivity index (χ2v) is 4.66. The number of nitrogens with one attached hydrogen (secondary N) is 2. The lowest BCUT2D eigenvalue weighted by atomic mass is 10.2. The number of ether oxygens (including phenoxy) is 1. The van der Waals surface area contributed by atoms with Gasteiger partial charge in [0.05, 0.1) is 24.6 Å². The Kier molecular flexibility index (Phi) is 4.94. The minimum atomic E-state index is -0.494. The topological polar surface area (TPSA) is 96.7 Å². The van der Waals surface area contributed by atoms with Gasteiger partial charge in [-0.15, -0.1) is 0 Å². The fourth-order valence-electron chi connectivity index (χ4n) is 2.11. The largest absolute Gasteiger partial charge is 0.496 e. The van der Waals surface area contributed by atoms with Crippen molar-refractivity contribution in [3.8, 4) is 5.75 Å². The van der Waals surface area contributed by atoms with Crippen LogP contribution in [0.1, 0.15) is 0 Å². The number of benzene rings is 1. The van der Waals surface area contributed by atoms with Gasteiger partial charge in [0.2, 0.25) is 5.91 Å². The van der Waals surface area contributed by atoms with E-state index in [1.165, 1.54) is 19.2 Å². The minimum absolute atomic E-state index is 0.0260. The Morgan fingerprint density at radius 3 is 2.76 bits per heavy atom. The summed E-state index contributed by atoms with van der Waals surface area (Å²) in [5.41, 5.74) is 0.413. The zero-order valence-electron chi connectivity index (χ0n) is 11.8. The van der Waals surface area contributed by atoms with Crippen molar-refractivity contribution in [2.24, 2.45) is 0 Å². The van der Waals surface area contributed by atoms with E-state index in [0.717, 1.165) is 13.1 Å². The molecule has 1 aliphatic heterocycles. The average Bonchev–Trinajstić information content (AvgIpc) is 2.53. The molecule has 1 amide bonds. The summed E-state index contributed by atoms with van der Waals surface area (Å²) < 4.78 is 5.02. The number of methoxy groups -OCH3 is 1. The number of rotatable bonds is 5. The molecule has 1 heterocycles. The second kappa shape index (κ2) is 6.89. The van der Waals surface area contributed by atoms with Crippen LogP contribution < -0.4 is 15.4 Å². The zero-order chi connectivity index (χ0) is 15.2. The Morgan fingerprint density at radius 1 is 1.43 bits per heavy atom. The third-order valence-corrected chi connectivity index (χ3v) is 3.25. The summed E-state index contributed by atoms with van der Waals surface area (Å²) in [6, 6.07) is 4.34. The van der Waals surface area contributed by atoms with Crippen molar-refractivity contribution in [2.75, 3.05) is 45.2 Å². The van der Waals surface area contributed by atoms with E-state index in [-0.39, 0.29) is 18.1 Å². The number of nitrogens with zero attached hydrogens (tertiary/aromatic N) is 2. The van der Waals surface area contributed by atoms with E-state index in [0.29, 0.717) is 24.5 Å². The van der Waals surface area contributed by atoms with E-state index < -0.39 is 4.92 Å². The molecule has 21 heavy (non-hydrogen) atoms. The maximum absolute atomic E-state index is 12.0. The molecule has 114 valence electrons. The van der Waals surface area contributed by atoms with Crippen molar-refractivity contribution in [1.29, 1.82) is 0 Å². The number of hydrogen-bond acceptors (Lipinski definition) is 6. The van der Waals surface area contributed by atoms with Gasteiger partial charge in [-0.1, -0.05) is 0 Å². The molecule has 0 aliphatic carbocycles. The van der Waals surface area contributed by atoms with Gasteiger partial charge >= 0.3 is 0 Å². The molecule has 0 bridgehead atoms. The van der Waals surface area contributed by atoms with E-state index in [4.69, 9.17) is 4.74 Å². The van der Waals surface area contributed by atoms with Crippen LogP contribution in [-0.4, -0.2) is 55.6 Å². The minimum Gasteiger partial charge on any atom is -0.496 e. The number of piperazine rings is 1. The van der Waals surface area contributed by atoms with E-state index in [2.05, 4.69) is 10.6 Å². The molecule has 2 rings (SSSR count). The number of non-ortho nitro benzene ring substituents is 1. The summed E-state index contributed by atoms with van der Waals surface area (Å²) in [5.74, 6) is 0.350. The van der Waals surface area contributed by atoms with Gasteiger partial charge in [0.25, 0.3) is 5.69 Å².